The van der Waals surface area contributed by atoms with Crippen molar-refractivity contribution in [3.05, 3.63) is 48.4 Å². The molecule has 1 aliphatic heterocycles. The molecule has 1 saturated carbocycles. The lowest BCUT2D eigenvalue weighted by Crippen LogP contribution is -2.40. The summed E-state index contributed by atoms with van der Waals surface area (Å²) in [7, 11) is 0. The number of carbonyl (C=O) groups is 2. The SMILES string of the molecule is O=C(Nc1ccc(N2CCN(C3CCCCC3)C2=O)nc1)c1ccccn1. The summed E-state index contributed by atoms with van der Waals surface area (Å²) >= 11 is 0. The summed E-state index contributed by atoms with van der Waals surface area (Å²) in [6, 6.07) is 9.13. The van der Waals surface area contributed by atoms with Crippen molar-refractivity contribution in [3.8, 4) is 0 Å². The third kappa shape index (κ3) is 3.77. The summed E-state index contributed by atoms with van der Waals surface area (Å²) in [4.78, 5) is 37.1. The molecule has 27 heavy (non-hydrogen) atoms. The van der Waals surface area contributed by atoms with Crippen LogP contribution in [-0.2, 0) is 0 Å². The van der Waals surface area contributed by atoms with E-state index in [1.54, 1.807) is 47.6 Å². The molecule has 1 N–H and O–H groups in total. The molecule has 3 heterocycles. The van der Waals surface area contributed by atoms with Gasteiger partial charge in [-0.3, -0.25) is 14.7 Å². The molecule has 1 aliphatic carbocycles. The van der Waals surface area contributed by atoms with Crippen LogP contribution in [0.3, 0.4) is 0 Å². The topological polar surface area (TPSA) is 78.4 Å². The van der Waals surface area contributed by atoms with Crippen molar-refractivity contribution in [1.29, 1.82) is 0 Å². The van der Waals surface area contributed by atoms with Crippen LogP contribution in [0.25, 0.3) is 0 Å². The highest BCUT2D eigenvalue weighted by molar-refractivity contribution is 6.02. The minimum atomic E-state index is -0.286. The first-order valence-electron chi connectivity index (χ1n) is 9.49. The molecule has 4 rings (SSSR count). The Morgan fingerprint density at radius 2 is 1.89 bits per heavy atom. The Balaban J connectivity index is 1.40. The number of nitrogens with one attached hydrogen (secondary N) is 1. The third-order valence-electron chi connectivity index (χ3n) is 5.24. The minimum Gasteiger partial charge on any atom is -0.320 e. The molecule has 0 bridgehead atoms. The average molecular weight is 365 g/mol. The van der Waals surface area contributed by atoms with Gasteiger partial charge in [-0.15, -0.1) is 0 Å². The maximum atomic E-state index is 12.8. The van der Waals surface area contributed by atoms with E-state index in [9.17, 15) is 9.59 Å². The fourth-order valence-electron chi connectivity index (χ4n) is 3.81. The molecule has 1 saturated heterocycles. The lowest BCUT2D eigenvalue weighted by Gasteiger charge is -2.30. The zero-order valence-corrected chi connectivity index (χ0v) is 15.2. The molecule has 2 fully saturated rings. The molecule has 7 nitrogen and oxygen atoms in total. The quantitative estimate of drug-likeness (QED) is 0.902. The van der Waals surface area contributed by atoms with Crippen LogP contribution >= 0.6 is 0 Å². The van der Waals surface area contributed by atoms with Crippen molar-refractivity contribution in [3.63, 3.8) is 0 Å². The van der Waals surface area contributed by atoms with Crippen LogP contribution in [0.15, 0.2) is 42.7 Å². The standard InChI is InChI=1S/C20H23N5O2/c26-19(17-8-4-5-11-21-17)23-15-9-10-18(22-14-15)25-13-12-24(20(25)27)16-6-2-1-3-7-16/h4-5,8-11,14,16H,1-3,6-7,12-13H2,(H,23,26). The maximum Gasteiger partial charge on any atom is 0.326 e. The van der Waals surface area contributed by atoms with Gasteiger partial charge in [0.15, 0.2) is 0 Å². The summed E-state index contributed by atoms with van der Waals surface area (Å²) in [6.07, 6.45) is 9.04. The average Bonchev–Trinajstić information content (AvgIpc) is 3.11. The number of carbonyl (C=O) groups excluding carboxylic acids is 2. The Morgan fingerprint density at radius 3 is 2.59 bits per heavy atom. The number of aromatic nitrogens is 2. The van der Waals surface area contributed by atoms with Gasteiger partial charge in [-0.25, -0.2) is 9.78 Å². The zero-order valence-electron chi connectivity index (χ0n) is 15.2. The van der Waals surface area contributed by atoms with Crippen molar-refractivity contribution >= 4 is 23.4 Å². The number of anilines is 2. The monoisotopic (exact) mass is 365 g/mol. The first kappa shape index (κ1) is 17.5. The Kier molecular flexibility index (Phi) is 5.00. The maximum absolute atomic E-state index is 12.8. The van der Waals surface area contributed by atoms with Gasteiger partial charge in [0.05, 0.1) is 11.9 Å². The Morgan fingerprint density at radius 1 is 1.04 bits per heavy atom. The van der Waals surface area contributed by atoms with E-state index in [0.29, 0.717) is 29.8 Å². The molecule has 140 valence electrons. The van der Waals surface area contributed by atoms with E-state index in [1.165, 1.54) is 19.3 Å². The number of pyridine rings is 2. The second kappa shape index (κ2) is 7.73. The largest absolute Gasteiger partial charge is 0.326 e. The predicted octanol–water partition coefficient (Wildman–Crippen LogP) is 3.30. The van der Waals surface area contributed by atoms with Crippen LogP contribution in [-0.4, -0.2) is 45.9 Å². The highest BCUT2D eigenvalue weighted by Gasteiger charge is 2.35. The molecule has 7 heteroatoms. The molecule has 0 spiro atoms. The predicted molar refractivity (Wildman–Crippen MR) is 103 cm³/mol. The van der Waals surface area contributed by atoms with Gasteiger partial charge in [-0.05, 0) is 37.1 Å². The molecule has 0 radical (unpaired) electrons. The van der Waals surface area contributed by atoms with Crippen LogP contribution in [0.5, 0.6) is 0 Å². The van der Waals surface area contributed by atoms with Gasteiger partial charge < -0.3 is 10.2 Å². The van der Waals surface area contributed by atoms with Crippen LogP contribution in [0.4, 0.5) is 16.3 Å². The summed E-state index contributed by atoms with van der Waals surface area (Å²) in [5, 5.41) is 2.77. The second-order valence-electron chi connectivity index (χ2n) is 6.99. The molecule has 0 atom stereocenters. The van der Waals surface area contributed by atoms with Crippen molar-refractivity contribution < 1.29 is 9.59 Å². The first-order chi connectivity index (χ1) is 13.2. The van der Waals surface area contributed by atoms with Crippen LogP contribution in [0.1, 0.15) is 42.6 Å². The van der Waals surface area contributed by atoms with Gasteiger partial charge in [0.2, 0.25) is 0 Å². The summed E-state index contributed by atoms with van der Waals surface area (Å²) in [5.74, 6) is 0.333. The van der Waals surface area contributed by atoms with Crippen molar-refractivity contribution in [2.24, 2.45) is 0 Å². The van der Waals surface area contributed by atoms with E-state index in [0.717, 1.165) is 19.4 Å². The van der Waals surface area contributed by atoms with Gasteiger partial charge >= 0.3 is 6.03 Å². The van der Waals surface area contributed by atoms with Crippen LogP contribution < -0.4 is 10.2 Å². The van der Waals surface area contributed by atoms with Gasteiger partial charge in [0.25, 0.3) is 5.91 Å². The molecule has 0 aromatic carbocycles. The van der Waals surface area contributed by atoms with Gasteiger partial charge in [0, 0.05) is 25.3 Å². The number of hydrogen-bond donors (Lipinski definition) is 1. The highest BCUT2D eigenvalue weighted by atomic mass is 16.2. The second-order valence-corrected chi connectivity index (χ2v) is 6.99. The van der Waals surface area contributed by atoms with Gasteiger partial charge in [-0.2, -0.15) is 0 Å². The molecular formula is C20H23N5O2. The summed E-state index contributed by atoms with van der Waals surface area (Å²) in [6.45, 7) is 1.41. The Hall–Kier alpha value is -2.96. The molecule has 3 amide bonds. The molecule has 2 aromatic rings. The van der Waals surface area contributed by atoms with Crippen LogP contribution in [0.2, 0.25) is 0 Å². The van der Waals surface area contributed by atoms with Crippen molar-refractivity contribution in [2.75, 3.05) is 23.3 Å². The van der Waals surface area contributed by atoms with E-state index in [4.69, 9.17) is 0 Å². The number of rotatable bonds is 4. The number of hydrogen-bond acceptors (Lipinski definition) is 4. The molecule has 2 aliphatic rings. The summed E-state index contributed by atoms with van der Waals surface area (Å²) < 4.78 is 0. The fraction of sp³-hybridized carbons (Fsp3) is 0.400. The molecular weight excluding hydrogens is 342 g/mol. The van der Waals surface area contributed by atoms with Crippen molar-refractivity contribution in [1.82, 2.24) is 14.9 Å². The van der Waals surface area contributed by atoms with Crippen molar-refractivity contribution in [2.45, 2.75) is 38.1 Å². The summed E-state index contributed by atoms with van der Waals surface area (Å²) in [5.41, 5.74) is 0.921. The van der Waals surface area contributed by atoms with E-state index in [1.807, 2.05) is 4.90 Å². The Labute approximate surface area is 158 Å². The minimum absolute atomic E-state index is 0.0414. The van der Waals surface area contributed by atoms with Gasteiger partial charge in [0.1, 0.15) is 11.5 Å². The molecule has 2 aromatic heterocycles. The highest BCUT2D eigenvalue weighted by Crippen LogP contribution is 2.27. The lowest BCUT2D eigenvalue weighted by molar-refractivity contribution is 0.102. The zero-order chi connectivity index (χ0) is 18.6. The number of nitrogens with zero attached hydrogens (tertiary/aromatic N) is 4. The van der Waals surface area contributed by atoms with E-state index >= 15 is 0 Å². The Bertz CT molecular complexity index is 803. The normalized spacial score (nSPS) is 18.0. The van der Waals surface area contributed by atoms with Crippen LogP contribution in [0, 0.1) is 0 Å². The molecule has 0 unspecified atom stereocenters. The first-order valence-corrected chi connectivity index (χ1v) is 9.49. The van der Waals surface area contributed by atoms with E-state index in [-0.39, 0.29) is 11.9 Å². The smallest absolute Gasteiger partial charge is 0.320 e. The number of amides is 3. The fourth-order valence-corrected chi connectivity index (χ4v) is 3.81. The van der Waals surface area contributed by atoms with E-state index < -0.39 is 0 Å². The van der Waals surface area contributed by atoms with Gasteiger partial charge in [-0.1, -0.05) is 25.3 Å². The third-order valence-corrected chi connectivity index (χ3v) is 5.24. The number of urea groups is 1. The van der Waals surface area contributed by atoms with E-state index in [2.05, 4.69) is 15.3 Å². The lowest BCUT2D eigenvalue weighted by atomic mass is 9.94.